The van der Waals surface area contributed by atoms with Crippen LogP contribution in [0, 0.1) is 18.6 Å². The number of benzene rings is 2. The van der Waals surface area contributed by atoms with Crippen molar-refractivity contribution in [1.82, 2.24) is 5.06 Å². The number of rotatable bonds is 2. The summed E-state index contributed by atoms with van der Waals surface area (Å²) in [5, 5.41) is 0.240. The molecule has 116 valence electrons. The van der Waals surface area contributed by atoms with Gasteiger partial charge in [-0.05, 0) is 30.7 Å². The van der Waals surface area contributed by atoms with Crippen LogP contribution in [0.3, 0.4) is 0 Å². The van der Waals surface area contributed by atoms with Crippen LogP contribution in [0.25, 0.3) is 0 Å². The van der Waals surface area contributed by atoms with Crippen LogP contribution in [-0.4, -0.2) is 22.8 Å². The molecule has 5 nitrogen and oxygen atoms in total. The molecule has 23 heavy (non-hydrogen) atoms. The number of carbonyl (C=O) groups is 3. The summed E-state index contributed by atoms with van der Waals surface area (Å²) < 4.78 is 27.3. The van der Waals surface area contributed by atoms with Gasteiger partial charge in [0.25, 0.3) is 11.8 Å². The van der Waals surface area contributed by atoms with Gasteiger partial charge in [-0.2, -0.15) is 0 Å². The van der Waals surface area contributed by atoms with E-state index in [0.29, 0.717) is 0 Å². The molecule has 1 heterocycles. The summed E-state index contributed by atoms with van der Waals surface area (Å²) in [5.74, 6) is -5.61. The van der Waals surface area contributed by atoms with Gasteiger partial charge < -0.3 is 4.84 Å². The van der Waals surface area contributed by atoms with Crippen molar-refractivity contribution < 1.29 is 28.0 Å². The molecule has 0 N–H and O–H groups in total. The fraction of sp³-hybridized carbons (Fsp3) is 0.0625. The van der Waals surface area contributed by atoms with E-state index in [-0.39, 0.29) is 21.8 Å². The number of imide groups is 1. The van der Waals surface area contributed by atoms with Crippen molar-refractivity contribution in [2.24, 2.45) is 0 Å². The van der Waals surface area contributed by atoms with E-state index in [1.807, 2.05) is 0 Å². The number of aryl methyl sites for hydroxylation is 1. The molecule has 0 spiro atoms. The highest BCUT2D eigenvalue weighted by Gasteiger charge is 2.39. The van der Waals surface area contributed by atoms with Crippen LogP contribution in [0.2, 0.25) is 0 Å². The molecule has 2 aromatic rings. The number of nitrogens with zero attached hydrogens (tertiary/aromatic N) is 1. The van der Waals surface area contributed by atoms with Crippen LogP contribution in [-0.2, 0) is 4.84 Å². The van der Waals surface area contributed by atoms with E-state index in [2.05, 4.69) is 4.84 Å². The third kappa shape index (κ3) is 2.26. The monoisotopic (exact) mass is 317 g/mol. The first-order chi connectivity index (χ1) is 10.9. The van der Waals surface area contributed by atoms with Crippen LogP contribution in [0.4, 0.5) is 8.78 Å². The fourth-order valence-electron chi connectivity index (χ4n) is 2.19. The van der Waals surface area contributed by atoms with Crippen LogP contribution in [0.1, 0.15) is 36.6 Å². The molecule has 1 aliphatic rings. The lowest BCUT2D eigenvalue weighted by atomic mass is 10.1. The van der Waals surface area contributed by atoms with Crippen molar-refractivity contribution in [3.8, 4) is 0 Å². The lowest BCUT2D eigenvalue weighted by Gasteiger charge is -2.13. The number of hydrogen-bond acceptors (Lipinski definition) is 4. The van der Waals surface area contributed by atoms with E-state index in [4.69, 9.17) is 0 Å². The number of hydrogen-bond donors (Lipinski definition) is 0. The maximum atomic E-state index is 13.8. The average Bonchev–Trinajstić information content (AvgIpc) is 2.78. The zero-order chi connectivity index (χ0) is 16.7. The molecule has 0 unspecified atom stereocenters. The van der Waals surface area contributed by atoms with E-state index < -0.39 is 35.0 Å². The lowest BCUT2D eigenvalue weighted by Crippen LogP contribution is -2.33. The van der Waals surface area contributed by atoms with Crippen molar-refractivity contribution in [2.45, 2.75) is 6.92 Å². The highest BCUT2D eigenvalue weighted by molar-refractivity contribution is 6.21. The zero-order valence-electron chi connectivity index (χ0n) is 11.8. The third-order valence-electron chi connectivity index (χ3n) is 3.43. The van der Waals surface area contributed by atoms with Crippen molar-refractivity contribution in [1.29, 1.82) is 0 Å². The van der Waals surface area contributed by atoms with Crippen LogP contribution < -0.4 is 0 Å². The van der Waals surface area contributed by atoms with Gasteiger partial charge >= 0.3 is 5.97 Å². The van der Waals surface area contributed by atoms with Gasteiger partial charge in [0.15, 0.2) is 11.6 Å². The first-order valence-electron chi connectivity index (χ1n) is 6.56. The molecule has 3 rings (SSSR count). The standard InChI is InChI=1S/C16H9F2NO4/c1-8-6-7-11(13(18)12(8)17)16(22)23-19-14(20)9-4-2-3-5-10(9)15(19)21/h2-7H,1H3. The first kappa shape index (κ1) is 14.8. The van der Waals surface area contributed by atoms with Gasteiger partial charge in [0.05, 0.1) is 11.1 Å². The SMILES string of the molecule is Cc1ccc(C(=O)ON2C(=O)c3ccccc3C2=O)c(F)c1F. The van der Waals surface area contributed by atoms with Gasteiger partial charge in [0.1, 0.15) is 5.56 Å². The zero-order valence-corrected chi connectivity index (χ0v) is 11.8. The first-order valence-corrected chi connectivity index (χ1v) is 6.56. The number of halogens is 2. The molecule has 0 atom stereocenters. The van der Waals surface area contributed by atoms with Crippen molar-refractivity contribution in [3.05, 3.63) is 70.3 Å². The smallest absolute Gasteiger partial charge is 0.324 e. The Balaban J connectivity index is 1.89. The van der Waals surface area contributed by atoms with Gasteiger partial charge in [-0.15, -0.1) is 0 Å². The molecule has 2 aromatic carbocycles. The number of hydroxylamine groups is 2. The molecule has 0 bridgehead atoms. The molecular formula is C16H9F2NO4. The Hall–Kier alpha value is -3.09. The van der Waals surface area contributed by atoms with Crippen LogP contribution in [0.5, 0.6) is 0 Å². The van der Waals surface area contributed by atoms with Crippen molar-refractivity contribution in [3.63, 3.8) is 0 Å². The summed E-state index contributed by atoms with van der Waals surface area (Å²) in [7, 11) is 0. The second-order valence-electron chi connectivity index (χ2n) is 4.89. The second kappa shape index (κ2) is 5.28. The lowest BCUT2D eigenvalue weighted by molar-refractivity contribution is -0.0588. The number of amides is 2. The van der Waals surface area contributed by atoms with E-state index in [0.717, 1.165) is 6.07 Å². The minimum absolute atomic E-state index is 0.0137. The molecule has 0 aliphatic carbocycles. The molecular weight excluding hydrogens is 308 g/mol. The van der Waals surface area contributed by atoms with Gasteiger partial charge in [-0.3, -0.25) is 9.59 Å². The molecule has 7 heteroatoms. The largest absolute Gasteiger partial charge is 0.367 e. The molecule has 2 amide bonds. The Morgan fingerprint density at radius 2 is 1.52 bits per heavy atom. The predicted molar refractivity (Wildman–Crippen MR) is 73.5 cm³/mol. The van der Waals surface area contributed by atoms with E-state index in [1.165, 1.54) is 25.1 Å². The molecule has 1 aliphatic heterocycles. The fourth-order valence-corrected chi connectivity index (χ4v) is 2.19. The quantitative estimate of drug-likeness (QED) is 0.799. The summed E-state index contributed by atoms with van der Waals surface area (Å²) in [6, 6.07) is 8.10. The highest BCUT2D eigenvalue weighted by Crippen LogP contribution is 2.24. The van der Waals surface area contributed by atoms with Crippen LogP contribution >= 0.6 is 0 Å². The topological polar surface area (TPSA) is 63.7 Å². The molecule has 0 radical (unpaired) electrons. The minimum atomic E-state index is -1.40. The van der Waals surface area contributed by atoms with Gasteiger partial charge in [-0.1, -0.05) is 23.3 Å². The van der Waals surface area contributed by atoms with E-state index in [9.17, 15) is 23.2 Å². The third-order valence-corrected chi connectivity index (χ3v) is 3.43. The minimum Gasteiger partial charge on any atom is -0.324 e. The molecule has 0 aromatic heterocycles. The summed E-state index contributed by atoms with van der Waals surface area (Å²) in [5.41, 5.74) is -0.550. The second-order valence-corrected chi connectivity index (χ2v) is 4.89. The average molecular weight is 317 g/mol. The normalized spacial score (nSPS) is 13.3. The highest BCUT2D eigenvalue weighted by atomic mass is 19.2. The summed E-state index contributed by atoms with van der Waals surface area (Å²) in [4.78, 5) is 40.7. The Kier molecular flexibility index (Phi) is 3.40. The van der Waals surface area contributed by atoms with Crippen molar-refractivity contribution >= 4 is 17.8 Å². The van der Waals surface area contributed by atoms with E-state index in [1.54, 1.807) is 12.1 Å². The van der Waals surface area contributed by atoms with Crippen LogP contribution in [0.15, 0.2) is 36.4 Å². The molecule has 0 saturated heterocycles. The Labute approximate surface area is 129 Å². The summed E-state index contributed by atoms with van der Waals surface area (Å²) in [6.07, 6.45) is 0. The predicted octanol–water partition coefficient (Wildman–Crippen LogP) is 2.64. The van der Waals surface area contributed by atoms with Crippen molar-refractivity contribution in [2.75, 3.05) is 0 Å². The molecule has 0 fully saturated rings. The van der Waals surface area contributed by atoms with Gasteiger partial charge in [0.2, 0.25) is 0 Å². The maximum absolute atomic E-state index is 13.8. The van der Waals surface area contributed by atoms with Gasteiger partial charge in [-0.25, -0.2) is 13.6 Å². The maximum Gasteiger partial charge on any atom is 0.367 e. The van der Waals surface area contributed by atoms with E-state index >= 15 is 0 Å². The van der Waals surface area contributed by atoms with Gasteiger partial charge in [0, 0.05) is 0 Å². The Bertz CT molecular complexity index is 828. The Morgan fingerprint density at radius 3 is 2.09 bits per heavy atom. The Morgan fingerprint density at radius 1 is 0.957 bits per heavy atom. The number of carbonyl (C=O) groups excluding carboxylic acids is 3. The molecule has 0 saturated carbocycles. The summed E-state index contributed by atoms with van der Waals surface area (Å²) >= 11 is 0. The summed E-state index contributed by atoms with van der Waals surface area (Å²) in [6.45, 7) is 1.33. The number of fused-ring (bicyclic) bond motifs is 1.